The van der Waals surface area contributed by atoms with Gasteiger partial charge in [-0.2, -0.15) is 15.0 Å². The summed E-state index contributed by atoms with van der Waals surface area (Å²) in [7, 11) is 0. The molecule has 172 valence electrons. The minimum atomic E-state index is -0.694. The molecule has 0 spiro atoms. The second-order valence-electron chi connectivity index (χ2n) is 7.55. The van der Waals surface area contributed by atoms with Gasteiger partial charge in [0, 0.05) is 22.4 Å². The van der Waals surface area contributed by atoms with Crippen LogP contribution < -0.4 is 16.8 Å². The van der Waals surface area contributed by atoms with Crippen LogP contribution in [-0.4, -0.2) is 32.4 Å². The van der Waals surface area contributed by atoms with E-state index in [9.17, 15) is 14.4 Å². The molecule has 1 amide bonds. The molecule has 0 saturated heterocycles. The maximum absolute atomic E-state index is 13.6. The normalized spacial score (nSPS) is 12.2. The fourth-order valence-electron chi connectivity index (χ4n) is 4.03. The third kappa shape index (κ3) is 3.67. The van der Waals surface area contributed by atoms with Crippen LogP contribution in [0.1, 0.15) is 42.2 Å². The number of para-hydroxylation sites is 1. The summed E-state index contributed by atoms with van der Waals surface area (Å²) in [5.74, 6) is -1.96. The van der Waals surface area contributed by atoms with Gasteiger partial charge < -0.3 is 16.8 Å². The molecular weight excluding hydrogens is 491 g/mol. The van der Waals surface area contributed by atoms with Gasteiger partial charge in [0.15, 0.2) is 17.4 Å². The zero-order valence-electron chi connectivity index (χ0n) is 17.7. The number of hydrogen-bond donors (Lipinski definition) is 3. The average molecular weight is 505 g/mol. The van der Waals surface area contributed by atoms with Gasteiger partial charge in [-0.3, -0.25) is 14.4 Å². The van der Waals surface area contributed by atoms with Gasteiger partial charge in [0.2, 0.25) is 10.6 Å². The number of halogens is 2. The Balaban J connectivity index is 1.83. The summed E-state index contributed by atoms with van der Waals surface area (Å²) in [4.78, 5) is 52.2. The molecule has 9 nitrogen and oxygen atoms in total. The number of anilines is 3. The number of fused-ring (bicyclic) bond motifs is 2. The first-order chi connectivity index (χ1) is 16.8. The van der Waals surface area contributed by atoms with Crippen molar-refractivity contribution in [2.24, 2.45) is 0 Å². The third-order valence-electron chi connectivity index (χ3n) is 5.51. The lowest BCUT2D eigenvalue weighted by Crippen LogP contribution is -2.27. The standard InChI is InChI=1S/C24H14Cl2N6O3/c25-23-30-21(31-24(26)32-23)15-13-14(20(34)12-9-5-4-8-11(12)19(13)33)17(27)16(18(15)28)22(35)29-10-6-2-1-3-7-10/h1-9H,27-28H2,(H,29,35). The van der Waals surface area contributed by atoms with Crippen molar-refractivity contribution >= 4 is 57.7 Å². The molecule has 11 heteroatoms. The van der Waals surface area contributed by atoms with Crippen LogP contribution in [0.3, 0.4) is 0 Å². The molecular formula is C24H14Cl2N6O3. The van der Waals surface area contributed by atoms with Crippen molar-refractivity contribution in [2.45, 2.75) is 0 Å². The highest BCUT2D eigenvalue weighted by molar-refractivity contribution is 6.35. The molecule has 1 aromatic heterocycles. The van der Waals surface area contributed by atoms with Crippen molar-refractivity contribution in [1.29, 1.82) is 0 Å². The fraction of sp³-hybridized carbons (Fsp3) is 0. The van der Waals surface area contributed by atoms with Crippen LogP contribution in [0.25, 0.3) is 11.4 Å². The molecule has 0 atom stereocenters. The summed E-state index contributed by atoms with van der Waals surface area (Å²) in [5, 5.41) is 2.16. The van der Waals surface area contributed by atoms with E-state index in [1.165, 1.54) is 12.1 Å². The summed E-state index contributed by atoms with van der Waals surface area (Å²) >= 11 is 12.0. The van der Waals surface area contributed by atoms with E-state index in [1.54, 1.807) is 42.5 Å². The van der Waals surface area contributed by atoms with Gasteiger partial charge in [0.1, 0.15) is 0 Å². The Kier molecular flexibility index (Phi) is 5.43. The van der Waals surface area contributed by atoms with E-state index < -0.39 is 17.5 Å². The van der Waals surface area contributed by atoms with E-state index >= 15 is 0 Å². The molecule has 1 aliphatic carbocycles. The van der Waals surface area contributed by atoms with Crippen molar-refractivity contribution < 1.29 is 14.4 Å². The van der Waals surface area contributed by atoms with Gasteiger partial charge in [-0.15, -0.1) is 0 Å². The second kappa shape index (κ2) is 8.46. The molecule has 0 bridgehead atoms. The quantitative estimate of drug-likeness (QED) is 0.311. The van der Waals surface area contributed by atoms with E-state index in [0.717, 1.165) is 0 Å². The Morgan fingerprint density at radius 2 is 1.23 bits per heavy atom. The molecule has 4 aromatic rings. The van der Waals surface area contributed by atoms with Crippen molar-refractivity contribution in [3.05, 3.63) is 93.0 Å². The third-order valence-corrected chi connectivity index (χ3v) is 5.85. The molecule has 3 aromatic carbocycles. The minimum absolute atomic E-state index is 0.0912. The van der Waals surface area contributed by atoms with Gasteiger partial charge in [-0.25, -0.2) is 0 Å². The lowest BCUT2D eigenvalue weighted by Gasteiger charge is -2.25. The Morgan fingerprint density at radius 3 is 1.83 bits per heavy atom. The molecule has 1 aliphatic rings. The van der Waals surface area contributed by atoms with E-state index in [-0.39, 0.29) is 61.1 Å². The maximum Gasteiger partial charge on any atom is 0.259 e. The number of rotatable bonds is 3. The molecule has 5 N–H and O–H groups in total. The minimum Gasteiger partial charge on any atom is -0.397 e. The van der Waals surface area contributed by atoms with Crippen LogP contribution in [0.2, 0.25) is 10.6 Å². The highest BCUT2D eigenvalue weighted by Crippen LogP contribution is 2.43. The lowest BCUT2D eigenvalue weighted by molar-refractivity contribution is 0.0979. The number of carbonyl (C=O) groups is 3. The zero-order chi connectivity index (χ0) is 24.9. The maximum atomic E-state index is 13.6. The van der Waals surface area contributed by atoms with E-state index in [2.05, 4.69) is 20.3 Å². The number of benzene rings is 3. The fourth-order valence-corrected chi connectivity index (χ4v) is 4.39. The summed E-state index contributed by atoms with van der Waals surface area (Å²) in [6, 6.07) is 14.8. The number of carbonyl (C=O) groups excluding carboxylic acids is 3. The molecule has 0 fully saturated rings. The van der Waals surface area contributed by atoms with Crippen LogP contribution in [-0.2, 0) is 0 Å². The van der Waals surface area contributed by atoms with Crippen molar-refractivity contribution in [3.8, 4) is 11.4 Å². The summed E-state index contributed by atoms with van der Waals surface area (Å²) < 4.78 is 0. The first kappa shape index (κ1) is 22.5. The topological polar surface area (TPSA) is 154 Å². The first-order valence-corrected chi connectivity index (χ1v) is 10.9. The largest absolute Gasteiger partial charge is 0.397 e. The van der Waals surface area contributed by atoms with Crippen LogP contribution in [0.4, 0.5) is 17.1 Å². The van der Waals surface area contributed by atoms with Gasteiger partial charge >= 0.3 is 0 Å². The van der Waals surface area contributed by atoms with Gasteiger partial charge in [-0.1, -0.05) is 42.5 Å². The van der Waals surface area contributed by atoms with Crippen LogP contribution >= 0.6 is 23.2 Å². The molecule has 1 heterocycles. The Labute approximate surface area is 208 Å². The number of nitrogen functional groups attached to an aromatic ring is 2. The number of ketones is 2. The number of nitrogens with two attached hydrogens (primary N) is 2. The van der Waals surface area contributed by atoms with Crippen molar-refractivity contribution in [2.75, 3.05) is 16.8 Å². The Bertz CT molecular complexity index is 1550. The summed E-state index contributed by atoms with van der Waals surface area (Å²) in [6.07, 6.45) is 0. The zero-order valence-corrected chi connectivity index (χ0v) is 19.2. The lowest BCUT2D eigenvalue weighted by atomic mass is 9.78. The predicted octanol–water partition coefficient (Wildman–Crippen LogP) is 4.04. The first-order valence-electron chi connectivity index (χ1n) is 10.1. The molecule has 0 radical (unpaired) electrons. The van der Waals surface area contributed by atoms with E-state index in [0.29, 0.717) is 5.69 Å². The summed E-state index contributed by atoms with van der Waals surface area (Å²) in [6.45, 7) is 0. The van der Waals surface area contributed by atoms with E-state index in [1.807, 2.05) is 0 Å². The van der Waals surface area contributed by atoms with Crippen molar-refractivity contribution in [1.82, 2.24) is 15.0 Å². The van der Waals surface area contributed by atoms with E-state index in [4.69, 9.17) is 34.7 Å². The van der Waals surface area contributed by atoms with Crippen LogP contribution in [0.5, 0.6) is 0 Å². The summed E-state index contributed by atoms with van der Waals surface area (Å²) in [5.41, 5.74) is 12.5. The van der Waals surface area contributed by atoms with Gasteiger partial charge in [0.25, 0.3) is 5.91 Å². The molecule has 0 aliphatic heterocycles. The molecule has 5 rings (SSSR count). The predicted molar refractivity (Wildman–Crippen MR) is 132 cm³/mol. The average Bonchev–Trinajstić information content (AvgIpc) is 2.82. The highest BCUT2D eigenvalue weighted by Gasteiger charge is 2.38. The number of aromatic nitrogens is 3. The molecule has 0 unspecified atom stereocenters. The number of nitrogens with zero attached hydrogens (tertiary/aromatic N) is 3. The number of hydrogen-bond acceptors (Lipinski definition) is 8. The second-order valence-corrected chi connectivity index (χ2v) is 8.22. The van der Waals surface area contributed by atoms with Crippen LogP contribution in [0.15, 0.2) is 54.6 Å². The van der Waals surface area contributed by atoms with Gasteiger partial charge in [-0.05, 0) is 35.3 Å². The van der Waals surface area contributed by atoms with Gasteiger partial charge in [0.05, 0.1) is 28.1 Å². The molecule has 35 heavy (non-hydrogen) atoms. The number of amides is 1. The smallest absolute Gasteiger partial charge is 0.259 e. The van der Waals surface area contributed by atoms with Crippen molar-refractivity contribution in [3.63, 3.8) is 0 Å². The SMILES string of the molecule is Nc1c(C(=O)Nc2ccccc2)c(N)c(-c2nc(Cl)nc(Cl)n2)c2c1C(=O)c1ccccc1C2=O. The monoisotopic (exact) mass is 504 g/mol. The Hall–Kier alpha value is -4.34. The molecule has 0 saturated carbocycles. The number of nitrogens with one attached hydrogen (secondary N) is 1. The Morgan fingerprint density at radius 1 is 0.714 bits per heavy atom. The van der Waals surface area contributed by atoms with Crippen LogP contribution in [0, 0.1) is 0 Å². The highest BCUT2D eigenvalue weighted by atomic mass is 35.5.